The minimum Gasteiger partial charge on any atom is -0.496 e. The van der Waals surface area contributed by atoms with Crippen LogP contribution in [0.5, 0.6) is 5.75 Å². The number of hydrogen-bond donors (Lipinski definition) is 1. The number of benzene rings is 1. The number of nitrogens with zero attached hydrogens (tertiary/aromatic N) is 2. The Morgan fingerprint density at radius 1 is 1.20 bits per heavy atom. The molecule has 3 rings (SSSR count). The average molecular weight is 419 g/mol. The van der Waals surface area contributed by atoms with Gasteiger partial charge in [0.2, 0.25) is 11.8 Å². The number of nitro benzene ring substituents is 1. The van der Waals surface area contributed by atoms with E-state index in [2.05, 4.69) is 5.32 Å². The van der Waals surface area contributed by atoms with Gasteiger partial charge in [-0.2, -0.15) is 0 Å². The summed E-state index contributed by atoms with van der Waals surface area (Å²) in [6, 6.07) is 3.87. The highest BCUT2D eigenvalue weighted by Gasteiger charge is 2.48. The Balaban J connectivity index is 1.54. The first-order valence-electron chi connectivity index (χ1n) is 9.45. The van der Waals surface area contributed by atoms with Crippen LogP contribution in [0.3, 0.4) is 0 Å². The molecular weight excluding hydrogens is 398 g/mol. The van der Waals surface area contributed by atoms with E-state index in [-0.39, 0.29) is 40.8 Å². The minimum atomic E-state index is -0.908. The van der Waals surface area contributed by atoms with Crippen LogP contribution < -0.4 is 10.1 Å². The zero-order chi connectivity index (χ0) is 21.8. The number of rotatable bonds is 7. The fourth-order valence-electron chi connectivity index (χ4n) is 3.79. The second-order valence-corrected chi connectivity index (χ2v) is 7.11. The summed E-state index contributed by atoms with van der Waals surface area (Å²) in [4.78, 5) is 60.1. The molecule has 1 saturated heterocycles. The quantitative estimate of drug-likeness (QED) is 0.301. The van der Waals surface area contributed by atoms with Gasteiger partial charge in [-0.05, 0) is 25.0 Å². The molecule has 11 heteroatoms. The molecule has 3 amide bonds. The van der Waals surface area contributed by atoms with Crippen molar-refractivity contribution in [2.45, 2.75) is 25.7 Å². The van der Waals surface area contributed by atoms with Crippen molar-refractivity contribution in [2.24, 2.45) is 11.8 Å². The fourth-order valence-corrected chi connectivity index (χ4v) is 3.79. The van der Waals surface area contributed by atoms with Gasteiger partial charge in [-0.15, -0.1) is 0 Å². The molecule has 0 radical (unpaired) electrons. The Bertz CT molecular complexity index is 876. The number of anilines is 1. The number of nitrogens with one attached hydrogen (secondary N) is 1. The van der Waals surface area contributed by atoms with E-state index >= 15 is 0 Å². The normalized spacial score (nSPS) is 20.5. The molecule has 1 saturated carbocycles. The number of fused-ring (bicyclic) bond motifs is 1. The molecule has 1 aromatic rings. The van der Waals surface area contributed by atoms with Gasteiger partial charge in [0.05, 0.1) is 29.9 Å². The third kappa shape index (κ3) is 4.39. The van der Waals surface area contributed by atoms with Crippen LogP contribution in [0, 0.1) is 22.0 Å². The number of nitro groups is 1. The van der Waals surface area contributed by atoms with Gasteiger partial charge < -0.3 is 14.8 Å². The lowest BCUT2D eigenvalue weighted by atomic mass is 9.81. The number of carbonyl (C=O) groups excluding carboxylic acids is 4. The summed E-state index contributed by atoms with van der Waals surface area (Å²) in [5.74, 6) is -2.97. The number of imide groups is 1. The maximum Gasteiger partial charge on any atom is 0.326 e. The molecule has 1 heterocycles. The zero-order valence-corrected chi connectivity index (χ0v) is 16.3. The Labute approximate surface area is 171 Å². The van der Waals surface area contributed by atoms with Gasteiger partial charge >= 0.3 is 5.97 Å². The summed E-state index contributed by atoms with van der Waals surface area (Å²) in [5, 5.41) is 13.4. The molecule has 0 aromatic heterocycles. The maximum atomic E-state index is 12.4. The lowest BCUT2D eigenvalue weighted by Crippen LogP contribution is -2.37. The fraction of sp³-hybridized carbons (Fsp3) is 0.474. The molecule has 0 bridgehead atoms. The van der Waals surface area contributed by atoms with Gasteiger partial charge in [-0.25, -0.2) is 0 Å². The first kappa shape index (κ1) is 21.2. The second kappa shape index (κ2) is 8.89. The zero-order valence-electron chi connectivity index (χ0n) is 16.3. The number of ether oxygens (including phenoxy) is 2. The summed E-state index contributed by atoms with van der Waals surface area (Å²) < 4.78 is 9.76. The monoisotopic (exact) mass is 419 g/mol. The SMILES string of the molecule is COc1ccc(NC(=O)COC(=O)CN2C(=O)C3CCCCC3C2=O)c([N+](=O)[O-])c1. The predicted molar refractivity (Wildman–Crippen MR) is 101 cm³/mol. The molecule has 30 heavy (non-hydrogen) atoms. The number of methoxy groups -OCH3 is 1. The van der Waals surface area contributed by atoms with Crippen LogP contribution in [0.1, 0.15) is 25.7 Å². The number of hydrogen-bond acceptors (Lipinski definition) is 8. The summed E-state index contributed by atoms with van der Waals surface area (Å²) in [6.45, 7) is -1.27. The molecule has 0 spiro atoms. The molecule has 1 aliphatic carbocycles. The van der Waals surface area contributed by atoms with Crippen molar-refractivity contribution in [1.82, 2.24) is 4.90 Å². The van der Waals surface area contributed by atoms with Crippen LogP contribution in [0.25, 0.3) is 0 Å². The second-order valence-electron chi connectivity index (χ2n) is 7.11. The van der Waals surface area contributed by atoms with Crippen LogP contribution in [0.4, 0.5) is 11.4 Å². The third-order valence-corrected chi connectivity index (χ3v) is 5.26. The Hall–Kier alpha value is -3.50. The van der Waals surface area contributed by atoms with Crippen molar-refractivity contribution in [3.05, 3.63) is 28.3 Å². The van der Waals surface area contributed by atoms with Gasteiger partial charge in [0, 0.05) is 0 Å². The van der Waals surface area contributed by atoms with Gasteiger partial charge in [0.25, 0.3) is 11.6 Å². The number of likely N-dealkylation sites (tertiary alicyclic amines) is 1. The topological polar surface area (TPSA) is 145 Å². The summed E-state index contributed by atoms with van der Waals surface area (Å²) >= 11 is 0. The molecule has 2 atom stereocenters. The van der Waals surface area contributed by atoms with E-state index in [0.717, 1.165) is 23.8 Å². The standard InChI is InChI=1S/C19H21N3O8/c1-29-11-6-7-14(15(8-11)22(27)28)20-16(23)10-30-17(24)9-21-18(25)12-4-2-3-5-13(12)19(21)26/h6-8,12-13H,2-5,9-10H2,1H3,(H,20,23). The molecule has 160 valence electrons. The van der Waals surface area contributed by atoms with Gasteiger partial charge in [-0.1, -0.05) is 12.8 Å². The van der Waals surface area contributed by atoms with Crippen molar-refractivity contribution >= 4 is 35.1 Å². The molecule has 11 nitrogen and oxygen atoms in total. The van der Waals surface area contributed by atoms with Crippen molar-refractivity contribution in [1.29, 1.82) is 0 Å². The first-order chi connectivity index (χ1) is 14.3. The summed E-state index contributed by atoms with van der Waals surface area (Å²) in [6.07, 6.45) is 3.00. The smallest absolute Gasteiger partial charge is 0.326 e. The van der Waals surface area contributed by atoms with E-state index in [1.807, 2.05) is 0 Å². The molecule has 1 N–H and O–H groups in total. The minimum absolute atomic E-state index is 0.0872. The van der Waals surface area contributed by atoms with Crippen molar-refractivity contribution < 1.29 is 33.6 Å². The van der Waals surface area contributed by atoms with E-state index < -0.39 is 30.0 Å². The van der Waals surface area contributed by atoms with Gasteiger partial charge in [0.1, 0.15) is 18.0 Å². The lowest BCUT2D eigenvalue weighted by molar-refractivity contribution is -0.384. The number of amides is 3. The Morgan fingerprint density at radius 3 is 2.40 bits per heavy atom. The van der Waals surface area contributed by atoms with E-state index in [1.165, 1.54) is 19.2 Å². The van der Waals surface area contributed by atoms with Crippen LogP contribution in [-0.2, 0) is 23.9 Å². The first-order valence-corrected chi connectivity index (χ1v) is 9.45. The van der Waals surface area contributed by atoms with Crippen LogP contribution in [0.2, 0.25) is 0 Å². The van der Waals surface area contributed by atoms with E-state index in [4.69, 9.17) is 9.47 Å². The molecular formula is C19H21N3O8. The summed E-state index contributed by atoms with van der Waals surface area (Å²) in [5.41, 5.74) is -0.472. The van der Waals surface area contributed by atoms with Gasteiger partial charge in [0.15, 0.2) is 6.61 Å². The highest BCUT2D eigenvalue weighted by Crippen LogP contribution is 2.37. The van der Waals surface area contributed by atoms with E-state index in [9.17, 15) is 29.3 Å². The number of carbonyl (C=O) groups is 4. The Kier molecular flexibility index (Phi) is 6.28. The number of esters is 1. The molecule has 1 aromatic carbocycles. The largest absolute Gasteiger partial charge is 0.496 e. The van der Waals surface area contributed by atoms with E-state index in [1.54, 1.807) is 0 Å². The van der Waals surface area contributed by atoms with Crippen molar-refractivity contribution in [2.75, 3.05) is 25.6 Å². The summed E-state index contributed by atoms with van der Waals surface area (Å²) in [7, 11) is 1.35. The molecule has 2 aliphatic rings. The van der Waals surface area contributed by atoms with Crippen LogP contribution in [0.15, 0.2) is 18.2 Å². The van der Waals surface area contributed by atoms with Crippen molar-refractivity contribution in [3.63, 3.8) is 0 Å². The highest BCUT2D eigenvalue weighted by atomic mass is 16.6. The van der Waals surface area contributed by atoms with Crippen LogP contribution in [-0.4, -0.2) is 53.8 Å². The Morgan fingerprint density at radius 2 is 1.83 bits per heavy atom. The molecule has 2 unspecified atom stereocenters. The maximum absolute atomic E-state index is 12.4. The third-order valence-electron chi connectivity index (χ3n) is 5.26. The van der Waals surface area contributed by atoms with Crippen molar-refractivity contribution in [3.8, 4) is 5.75 Å². The van der Waals surface area contributed by atoms with Gasteiger partial charge in [-0.3, -0.25) is 34.2 Å². The molecule has 2 fully saturated rings. The molecule has 1 aliphatic heterocycles. The predicted octanol–water partition coefficient (Wildman–Crippen LogP) is 1.26. The average Bonchev–Trinajstić information content (AvgIpc) is 2.97. The van der Waals surface area contributed by atoms with Crippen LogP contribution >= 0.6 is 0 Å². The van der Waals surface area contributed by atoms with E-state index in [0.29, 0.717) is 12.8 Å². The lowest BCUT2D eigenvalue weighted by Gasteiger charge is -2.19. The highest BCUT2D eigenvalue weighted by molar-refractivity contribution is 6.07.